The van der Waals surface area contributed by atoms with E-state index >= 15 is 0 Å². The first kappa shape index (κ1) is 29.2. The van der Waals surface area contributed by atoms with Crippen molar-refractivity contribution < 1.29 is 36.8 Å². The van der Waals surface area contributed by atoms with Gasteiger partial charge in [0, 0.05) is 37.3 Å². The van der Waals surface area contributed by atoms with Gasteiger partial charge < -0.3 is 9.26 Å². The van der Waals surface area contributed by atoms with Crippen LogP contribution in [0.2, 0.25) is 0 Å². The number of esters is 1. The van der Waals surface area contributed by atoms with Gasteiger partial charge in [0.05, 0.1) is 12.7 Å². The molecule has 0 amide bonds. The molecule has 40 heavy (non-hydrogen) atoms. The second-order valence-electron chi connectivity index (χ2n) is 10.4. The van der Waals surface area contributed by atoms with Crippen LogP contribution in [0.3, 0.4) is 0 Å². The van der Waals surface area contributed by atoms with Gasteiger partial charge in [-0.15, -0.1) is 0 Å². The molecule has 9 heteroatoms. The van der Waals surface area contributed by atoms with Crippen molar-refractivity contribution in [3.05, 3.63) is 77.0 Å². The minimum absolute atomic E-state index is 0.00353. The van der Waals surface area contributed by atoms with Gasteiger partial charge in [-0.2, -0.15) is 13.2 Å². The van der Waals surface area contributed by atoms with E-state index in [1.165, 1.54) is 36.9 Å². The van der Waals surface area contributed by atoms with Gasteiger partial charge in [-0.25, -0.2) is 0 Å². The van der Waals surface area contributed by atoms with Crippen molar-refractivity contribution in [2.75, 3.05) is 7.11 Å². The first-order chi connectivity index (χ1) is 19.1. The van der Waals surface area contributed by atoms with Crippen LogP contribution in [-0.4, -0.2) is 29.8 Å². The summed E-state index contributed by atoms with van der Waals surface area (Å²) in [4.78, 5) is 36.5. The molecule has 2 aromatic carbocycles. The molecule has 0 radical (unpaired) electrons. The van der Waals surface area contributed by atoms with E-state index in [2.05, 4.69) is 17.3 Å². The van der Waals surface area contributed by atoms with Crippen LogP contribution in [0.25, 0.3) is 11.3 Å². The first-order valence-corrected chi connectivity index (χ1v) is 13.5. The van der Waals surface area contributed by atoms with Crippen molar-refractivity contribution in [1.82, 2.24) is 5.16 Å². The van der Waals surface area contributed by atoms with E-state index in [9.17, 15) is 27.6 Å². The summed E-state index contributed by atoms with van der Waals surface area (Å²) in [6.07, 6.45) is 0.771. The fraction of sp³-hybridized carbons (Fsp3) is 0.419. The second kappa shape index (κ2) is 13.1. The second-order valence-corrected chi connectivity index (χ2v) is 10.4. The number of rotatable bonds is 11. The Bertz CT molecular complexity index is 1320. The third-order valence-electron chi connectivity index (χ3n) is 7.54. The van der Waals surface area contributed by atoms with Crippen LogP contribution in [0.1, 0.15) is 84.5 Å². The molecule has 3 aromatic rings. The normalized spacial score (nSPS) is 17.4. The van der Waals surface area contributed by atoms with E-state index in [1.54, 1.807) is 0 Å². The van der Waals surface area contributed by atoms with E-state index in [0.717, 1.165) is 37.3 Å². The van der Waals surface area contributed by atoms with E-state index < -0.39 is 17.5 Å². The lowest BCUT2D eigenvalue weighted by molar-refractivity contribution is -0.142. The van der Waals surface area contributed by atoms with Crippen LogP contribution >= 0.6 is 0 Å². The molecule has 0 spiro atoms. The highest BCUT2D eigenvalue weighted by atomic mass is 19.4. The quantitative estimate of drug-likeness (QED) is 0.181. The standard InChI is InChI=1S/C31H32F3NO5/c1-39-30(38)18-21-11-15-23(16-12-21)22-13-9-20(10-14-22)17-24(36)5-4-8-28(37)27-19-29(40-35-27)25-6-2-3-7-26(25)31(32,33)34/h2-3,6-7,9-10,13-14,19,21,23H,4-5,8,11-12,15-18H2,1H3. The molecule has 1 aromatic heterocycles. The average molecular weight is 556 g/mol. The SMILES string of the molecule is COC(=O)CC1CCC(c2ccc(CC(=O)CCCC(=O)c3cc(-c4ccccc4C(F)(F)F)on3)cc2)CC1. The van der Waals surface area contributed by atoms with Crippen LogP contribution in [0.4, 0.5) is 13.2 Å². The minimum Gasteiger partial charge on any atom is -0.469 e. The monoisotopic (exact) mass is 555 g/mol. The number of Topliss-reactive ketones (excluding diaryl/α,β-unsaturated/α-hetero) is 2. The van der Waals surface area contributed by atoms with Gasteiger partial charge in [0.1, 0.15) is 11.5 Å². The number of ether oxygens (including phenoxy) is 1. The van der Waals surface area contributed by atoms with Gasteiger partial charge in [-0.1, -0.05) is 47.6 Å². The number of benzene rings is 2. The fourth-order valence-electron chi connectivity index (χ4n) is 5.30. The molecule has 6 nitrogen and oxygen atoms in total. The summed E-state index contributed by atoms with van der Waals surface area (Å²) in [7, 11) is 1.42. The summed E-state index contributed by atoms with van der Waals surface area (Å²) in [6.45, 7) is 0. The largest absolute Gasteiger partial charge is 0.469 e. The zero-order valence-electron chi connectivity index (χ0n) is 22.3. The Labute approximate surface area is 230 Å². The maximum Gasteiger partial charge on any atom is 0.417 e. The molecule has 1 fully saturated rings. The molecule has 212 valence electrons. The Balaban J connectivity index is 1.22. The van der Waals surface area contributed by atoms with Crippen molar-refractivity contribution in [3.63, 3.8) is 0 Å². The summed E-state index contributed by atoms with van der Waals surface area (Å²) in [5, 5.41) is 3.65. The Hall–Kier alpha value is -3.75. The topological polar surface area (TPSA) is 86.5 Å². The fourth-order valence-corrected chi connectivity index (χ4v) is 5.30. The zero-order chi connectivity index (χ0) is 28.7. The number of alkyl halides is 3. The molecular weight excluding hydrogens is 523 g/mol. The number of aromatic nitrogens is 1. The van der Waals surface area contributed by atoms with Crippen LogP contribution in [0.15, 0.2) is 59.1 Å². The zero-order valence-corrected chi connectivity index (χ0v) is 22.3. The van der Waals surface area contributed by atoms with Crippen LogP contribution in [0.5, 0.6) is 0 Å². The molecule has 0 N–H and O–H groups in total. The van der Waals surface area contributed by atoms with Crippen LogP contribution in [-0.2, 0) is 26.9 Å². The molecule has 0 atom stereocenters. The van der Waals surface area contributed by atoms with Crippen LogP contribution < -0.4 is 0 Å². The summed E-state index contributed by atoms with van der Waals surface area (Å²) in [6, 6.07) is 14.2. The van der Waals surface area contributed by atoms with Crippen LogP contribution in [0, 0.1) is 5.92 Å². The molecule has 4 rings (SSSR count). The van der Waals surface area contributed by atoms with E-state index in [4.69, 9.17) is 9.26 Å². The average Bonchev–Trinajstić information content (AvgIpc) is 3.44. The Morgan fingerprint density at radius 2 is 1.68 bits per heavy atom. The lowest BCUT2D eigenvalue weighted by Crippen LogP contribution is -2.17. The number of carbonyl (C=O) groups excluding carboxylic acids is 3. The van der Waals surface area contributed by atoms with Crippen molar-refractivity contribution in [3.8, 4) is 11.3 Å². The lowest BCUT2D eigenvalue weighted by Gasteiger charge is -2.28. The van der Waals surface area contributed by atoms with E-state index in [-0.39, 0.29) is 48.0 Å². The van der Waals surface area contributed by atoms with Gasteiger partial charge in [0.2, 0.25) is 0 Å². The predicted molar refractivity (Wildman–Crippen MR) is 142 cm³/mol. The third-order valence-corrected chi connectivity index (χ3v) is 7.54. The number of nitrogens with zero attached hydrogens (tertiary/aromatic N) is 1. The summed E-state index contributed by atoms with van der Waals surface area (Å²) in [5.74, 6) is 0.153. The Kier molecular flexibility index (Phi) is 9.55. The maximum absolute atomic E-state index is 13.3. The van der Waals surface area contributed by atoms with Gasteiger partial charge in [0.15, 0.2) is 11.5 Å². The van der Waals surface area contributed by atoms with Gasteiger partial charge in [-0.3, -0.25) is 14.4 Å². The van der Waals surface area contributed by atoms with Crippen molar-refractivity contribution in [2.24, 2.45) is 5.92 Å². The lowest BCUT2D eigenvalue weighted by atomic mass is 9.77. The number of hydrogen-bond acceptors (Lipinski definition) is 6. The molecule has 0 aliphatic heterocycles. The molecule has 0 bridgehead atoms. The molecule has 0 unspecified atom stereocenters. The summed E-state index contributed by atoms with van der Waals surface area (Å²) in [5.41, 5.74) is 1.03. The third kappa shape index (κ3) is 7.67. The summed E-state index contributed by atoms with van der Waals surface area (Å²) >= 11 is 0. The number of hydrogen-bond donors (Lipinski definition) is 0. The number of carbonyl (C=O) groups is 3. The molecule has 1 heterocycles. The molecule has 0 saturated heterocycles. The maximum atomic E-state index is 13.3. The van der Waals surface area contributed by atoms with E-state index in [1.807, 2.05) is 12.1 Å². The number of halogens is 3. The van der Waals surface area contributed by atoms with Gasteiger partial charge in [-0.05, 0) is 61.1 Å². The van der Waals surface area contributed by atoms with Crippen molar-refractivity contribution in [1.29, 1.82) is 0 Å². The smallest absolute Gasteiger partial charge is 0.417 e. The van der Waals surface area contributed by atoms with Gasteiger partial charge >= 0.3 is 12.1 Å². The Morgan fingerprint density at radius 3 is 2.35 bits per heavy atom. The van der Waals surface area contributed by atoms with Crippen molar-refractivity contribution >= 4 is 17.5 Å². The van der Waals surface area contributed by atoms with Gasteiger partial charge in [0.25, 0.3) is 0 Å². The van der Waals surface area contributed by atoms with E-state index in [0.29, 0.717) is 24.7 Å². The molecular formula is C31H32F3NO5. The Morgan fingerprint density at radius 1 is 0.975 bits per heavy atom. The highest BCUT2D eigenvalue weighted by Crippen LogP contribution is 2.38. The van der Waals surface area contributed by atoms with Crippen molar-refractivity contribution in [2.45, 2.75) is 69.9 Å². The predicted octanol–water partition coefficient (Wildman–Crippen LogP) is 7.36. The molecule has 1 saturated carbocycles. The summed E-state index contributed by atoms with van der Waals surface area (Å²) < 4.78 is 49.7. The molecule has 1 aliphatic rings. The minimum atomic E-state index is -4.57. The molecule has 1 aliphatic carbocycles. The highest BCUT2D eigenvalue weighted by Gasteiger charge is 2.34. The number of ketones is 2. The number of methoxy groups -OCH3 is 1. The first-order valence-electron chi connectivity index (χ1n) is 13.5. The highest BCUT2D eigenvalue weighted by molar-refractivity contribution is 5.95.